The molecule has 1 aromatic rings. The quantitative estimate of drug-likeness (QED) is 0.849. The molecule has 0 spiro atoms. The molecule has 1 N–H and O–H groups in total. The van der Waals surface area contributed by atoms with Gasteiger partial charge in [-0.1, -0.05) is 29.8 Å². The van der Waals surface area contributed by atoms with E-state index in [1.54, 1.807) is 0 Å². The Labute approximate surface area is 117 Å². The van der Waals surface area contributed by atoms with Crippen LogP contribution in [0, 0.1) is 18.8 Å². The highest BCUT2D eigenvalue weighted by atomic mass is 16.5. The summed E-state index contributed by atoms with van der Waals surface area (Å²) >= 11 is 0. The van der Waals surface area contributed by atoms with E-state index in [-0.39, 0.29) is 0 Å². The highest BCUT2D eigenvalue weighted by molar-refractivity contribution is 5.22. The average Bonchev–Trinajstić information content (AvgIpc) is 2.40. The number of nitrogens with one attached hydrogen (secondary N) is 1. The van der Waals surface area contributed by atoms with Crippen LogP contribution in [0.3, 0.4) is 0 Å². The Morgan fingerprint density at radius 3 is 2.79 bits per heavy atom. The van der Waals surface area contributed by atoms with Gasteiger partial charge in [-0.3, -0.25) is 0 Å². The van der Waals surface area contributed by atoms with Crippen LogP contribution in [0.25, 0.3) is 0 Å². The van der Waals surface area contributed by atoms with Gasteiger partial charge >= 0.3 is 0 Å². The zero-order chi connectivity index (χ0) is 13.5. The molecular formula is C17H27NO. The van der Waals surface area contributed by atoms with Crippen molar-refractivity contribution in [2.24, 2.45) is 11.8 Å². The van der Waals surface area contributed by atoms with E-state index in [9.17, 15) is 0 Å². The van der Waals surface area contributed by atoms with Crippen LogP contribution in [0.1, 0.15) is 30.4 Å². The van der Waals surface area contributed by atoms with Gasteiger partial charge in [-0.2, -0.15) is 0 Å². The van der Waals surface area contributed by atoms with Gasteiger partial charge in [0.25, 0.3) is 0 Å². The van der Waals surface area contributed by atoms with Gasteiger partial charge in [0.1, 0.15) is 0 Å². The average molecular weight is 261 g/mol. The monoisotopic (exact) mass is 261 g/mol. The summed E-state index contributed by atoms with van der Waals surface area (Å²) in [4.78, 5) is 0. The second-order valence-corrected chi connectivity index (χ2v) is 5.91. The highest BCUT2D eigenvalue weighted by Crippen LogP contribution is 2.25. The maximum atomic E-state index is 5.46. The molecule has 0 aliphatic carbocycles. The Hall–Kier alpha value is -0.860. The summed E-state index contributed by atoms with van der Waals surface area (Å²) in [5, 5.41) is 3.36. The summed E-state index contributed by atoms with van der Waals surface area (Å²) in [5.74, 6) is 1.60. The van der Waals surface area contributed by atoms with E-state index in [1.807, 2.05) is 0 Å². The maximum Gasteiger partial charge on any atom is 0.0468 e. The molecule has 19 heavy (non-hydrogen) atoms. The second kappa shape index (κ2) is 7.66. The van der Waals surface area contributed by atoms with Gasteiger partial charge < -0.3 is 10.1 Å². The SMILES string of the molecule is CNCC(Cc1cccc(C)c1)CC1CCOCC1. The molecular weight excluding hydrogens is 234 g/mol. The van der Waals surface area contributed by atoms with Gasteiger partial charge in [-0.25, -0.2) is 0 Å². The fraction of sp³-hybridized carbons (Fsp3) is 0.647. The Balaban J connectivity index is 1.91. The van der Waals surface area contributed by atoms with Gasteiger partial charge in [0, 0.05) is 13.2 Å². The van der Waals surface area contributed by atoms with Gasteiger partial charge in [0.05, 0.1) is 0 Å². The third kappa shape index (κ3) is 4.96. The van der Waals surface area contributed by atoms with Crippen molar-refractivity contribution in [3.05, 3.63) is 35.4 Å². The molecule has 1 aliphatic rings. The van der Waals surface area contributed by atoms with Crippen LogP contribution in [0.5, 0.6) is 0 Å². The van der Waals surface area contributed by atoms with Crippen molar-refractivity contribution in [1.29, 1.82) is 0 Å². The maximum absolute atomic E-state index is 5.46. The molecule has 2 heteroatoms. The number of aryl methyl sites for hydroxylation is 1. The summed E-state index contributed by atoms with van der Waals surface area (Å²) in [6.07, 6.45) is 5.01. The molecule has 1 aliphatic heterocycles. The zero-order valence-electron chi connectivity index (χ0n) is 12.3. The van der Waals surface area contributed by atoms with Crippen LogP contribution in [0.15, 0.2) is 24.3 Å². The van der Waals surface area contributed by atoms with Gasteiger partial charge in [0.2, 0.25) is 0 Å². The van der Waals surface area contributed by atoms with Crippen molar-refractivity contribution in [1.82, 2.24) is 5.32 Å². The lowest BCUT2D eigenvalue weighted by atomic mass is 9.85. The van der Waals surface area contributed by atoms with E-state index in [0.29, 0.717) is 0 Å². The van der Waals surface area contributed by atoms with Crippen LogP contribution >= 0.6 is 0 Å². The van der Waals surface area contributed by atoms with E-state index in [4.69, 9.17) is 4.74 Å². The van der Waals surface area contributed by atoms with E-state index in [0.717, 1.165) is 31.6 Å². The van der Waals surface area contributed by atoms with Crippen molar-refractivity contribution in [3.8, 4) is 0 Å². The molecule has 2 nitrogen and oxygen atoms in total. The summed E-state index contributed by atoms with van der Waals surface area (Å²) < 4.78 is 5.46. The van der Waals surface area contributed by atoms with Gasteiger partial charge in [-0.15, -0.1) is 0 Å². The van der Waals surface area contributed by atoms with Gasteiger partial charge in [-0.05, 0) is 63.6 Å². The minimum absolute atomic E-state index is 0.745. The van der Waals surface area contributed by atoms with Gasteiger partial charge in [0.15, 0.2) is 0 Å². The molecule has 1 atom stereocenters. The third-order valence-corrected chi connectivity index (χ3v) is 4.11. The summed E-state index contributed by atoms with van der Waals surface area (Å²) in [6, 6.07) is 8.94. The molecule has 1 fully saturated rings. The standard InChI is InChI=1S/C17H27NO/c1-14-4-3-5-16(10-14)12-17(13-18-2)11-15-6-8-19-9-7-15/h3-5,10,15,17-18H,6-9,11-13H2,1-2H3. The van der Waals surface area contributed by atoms with Crippen molar-refractivity contribution in [3.63, 3.8) is 0 Å². The minimum atomic E-state index is 0.745. The van der Waals surface area contributed by atoms with Crippen LogP contribution in [-0.4, -0.2) is 26.8 Å². The fourth-order valence-electron chi connectivity index (χ4n) is 3.15. The molecule has 1 aromatic carbocycles. The summed E-state index contributed by atoms with van der Waals surface area (Å²) in [7, 11) is 2.06. The zero-order valence-corrected chi connectivity index (χ0v) is 12.3. The lowest BCUT2D eigenvalue weighted by Gasteiger charge is -2.26. The molecule has 0 saturated carbocycles. The number of hydrogen-bond donors (Lipinski definition) is 1. The normalized spacial score (nSPS) is 18.4. The second-order valence-electron chi connectivity index (χ2n) is 5.91. The predicted octanol–water partition coefficient (Wildman–Crippen LogP) is 3.19. The Morgan fingerprint density at radius 2 is 2.11 bits per heavy atom. The number of benzene rings is 1. The molecule has 2 rings (SSSR count). The molecule has 1 saturated heterocycles. The molecule has 0 aromatic heterocycles. The predicted molar refractivity (Wildman–Crippen MR) is 80.5 cm³/mol. The smallest absolute Gasteiger partial charge is 0.0468 e. The third-order valence-electron chi connectivity index (χ3n) is 4.11. The molecule has 106 valence electrons. The summed E-state index contributed by atoms with van der Waals surface area (Å²) in [5.41, 5.74) is 2.85. The largest absolute Gasteiger partial charge is 0.381 e. The number of ether oxygens (including phenoxy) is 1. The Morgan fingerprint density at radius 1 is 1.32 bits per heavy atom. The molecule has 0 amide bonds. The topological polar surface area (TPSA) is 21.3 Å². The molecule has 0 bridgehead atoms. The molecule has 0 radical (unpaired) electrons. The van der Waals surface area contributed by atoms with Crippen molar-refractivity contribution < 1.29 is 4.74 Å². The number of hydrogen-bond acceptors (Lipinski definition) is 2. The van der Waals surface area contributed by atoms with Crippen LogP contribution in [0.4, 0.5) is 0 Å². The first kappa shape index (κ1) is 14.5. The van der Waals surface area contributed by atoms with Crippen molar-refractivity contribution in [2.45, 2.75) is 32.6 Å². The fourth-order valence-corrected chi connectivity index (χ4v) is 3.15. The van der Waals surface area contributed by atoms with Crippen molar-refractivity contribution in [2.75, 3.05) is 26.8 Å². The highest BCUT2D eigenvalue weighted by Gasteiger charge is 2.19. The summed E-state index contributed by atoms with van der Waals surface area (Å²) in [6.45, 7) is 5.21. The van der Waals surface area contributed by atoms with E-state index < -0.39 is 0 Å². The lowest BCUT2D eigenvalue weighted by Crippen LogP contribution is -2.26. The molecule has 1 unspecified atom stereocenters. The first-order valence-electron chi connectivity index (χ1n) is 7.56. The lowest BCUT2D eigenvalue weighted by molar-refractivity contribution is 0.0586. The Kier molecular flexibility index (Phi) is 5.87. The van der Waals surface area contributed by atoms with E-state index in [2.05, 4.69) is 43.6 Å². The van der Waals surface area contributed by atoms with E-state index >= 15 is 0 Å². The number of rotatable bonds is 6. The van der Waals surface area contributed by atoms with Crippen LogP contribution in [-0.2, 0) is 11.2 Å². The minimum Gasteiger partial charge on any atom is -0.381 e. The first-order valence-corrected chi connectivity index (χ1v) is 7.56. The Bertz CT molecular complexity index is 371. The van der Waals surface area contributed by atoms with Crippen LogP contribution in [0.2, 0.25) is 0 Å². The van der Waals surface area contributed by atoms with Crippen molar-refractivity contribution >= 4 is 0 Å². The molecule has 1 heterocycles. The van der Waals surface area contributed by atoms with E-state index in [1.165, 1.54) is 36.8 Å². The van der Waals surface area contributed by atoms with Crippen LogP contribution < -0.4 is 5.32 Å². The first-order chi connectivity index (χ1) is 9.28.